The van der Waals surface area contributed by atoms with Crippen LogP contribution in [0.2, 0.25) is 0 Å². The Kier molecular flexibility index (Phi) is 3.55. The van der Waals surface area contributed by atoms with Crippen molar-refractivity contribution in [3.8, 4) is 0 Å². The van der Waals surface area contributed by atoms with Crippen LogP contribution in [0.3, 0.4) is 0 Å². The normalized spacial score (nSPS) is 30.8. The quantitative estimate of drug-likeness (QED) is 0.777. The van der Waals surface area contributed by atoms with Crippen LogP contribution in [0.25, 0.3) is 0 Å². The van der Waals surface area contributed by atoms with Crippen molar-refractivity contribution >= 4 is 26.0 Å². The molecule has 0 aliphatic heterocycles. The van der Waals surface area contributed by atoms with Gasteiger partial charge in [0.05, 0.1) is 0 Å². The number of hydrogen-bond donors (Lipinski definition) is 1. The minimum absolute atomic E-state index is 0.00319. The highest BCUT2D eigenvalue weighted by Gasteiger charge is 2.26. The van der Waals surface area contributed by atoms with Crippen molar-refractivity contribution in [2.45, 2.75) is 32.2 Å². The predicted octanol–water partition coefficient (Wildman–Crippen LogP) is 1.45. The Morgan fingerprint density at radius 3 is 2.58 bits per heavy atom. The summed E-state index contributed by atoms with van der Waals surface area (Å²) in [6, 6.07) is 0.160. The molecule has 1 N–H and O–H groups in total. The fourth-order valence-electron chi connectivity index (χ4n) is 1.58. The van der Waals surface area contributed by atoms with Gasteiger partial charge in [-0.3, -0.25) is 0 Å². The topological polar surface area (TPSA) is 46.2 Å². The van der Waals surface area contributed by atoms with Crippen molar-refractivity contribution in [1.82, 2.24) is 4.72 Å². The van der Waals surface area contributed by atoms with Gasteiger partial charge in [0.2, 0.25) is 10.0 Å². The number of hydrogen-bond acceptors (Lipinski definition) is 2. The van der Waals surface area contributed by atoms with Crippen LogP contribution in [0.4, 0.5) is 0 Å². The summed E-state index contributed by atoms with van der Waals surface area (Å²) in [6.07, 6.45) is 3.25. The molecule has 0 bridgehead atoms. The average molecular weight is 256 g/mol. The van der Waals surface area contributed by atoms with E-state index in [4.69, 9.17) is 0 Å². The zero-order valence-electron chi connectivity index (χ0n) is 7.09. The van der Waals surface area contributed by atoms with Crippen LogP contribution in [0.15, 0.2) is 0 Å². The average Bonchev–Trinajstić information content (AvgIpc) is 2.36. The van der Waals surface area contributed by atoms with Crippen molar-refractivity contribution in [1.29, 1.82) is 0 Å². The number of alkyl halides is 1. The first-order chi connectivity index (χ1) is 5.55. The summed E-state index contributed by atoms with van der Waals surface area (Å²) < 4.78 is 25.0. The highest BCUT2D eigenvalue weighted by molar-refractivity contribution is 9.10. The lowest BCUT2D eigenvalue weighted by Crippen LogP contribution is -2.36. The third kappa shape index (κ3) is 2.71. The molecule has 2 atom stereocenters. The Labute approximate surface area is 82.1 Å². The van der Waals surface area contributed by atoms with Crippen LogP contribution in [0.1, 0.15) is 26.2 Å². The van der Waals surface area contributed by atoms with Crippen molar-refractivity contribution in [3.05, 3.63) is 0 Å². The van der Waals surface area contributed by atoms with E-state index in [2.05, 4.69) is 27.6 Å². The summed E-state index contributed by atoms with van der Waals surface area (Å²) in [5.74, 6) is 0.485. The monoisotopic (exact) mass is 255 g/mol. The molecule has 12 heavy (non-hydrogen) atoms. The first-order valence-corrected chi connectivity index (χ1v) is 6.88. The van der Waals surface area contributed by atoms with Crippen LogP contribution in [0.5, 0.6) is 0 Å². The summed E-state index contributed by atoms with van der Waals surface area (Å²) in [4.78, 5) is 0. The van der Waals surface area contributed by atoms with Gasteiger partial charge in [0.25, 0.3) is 0 Å². The van der Waals surface area contributed by atoms with Gasteiger partial charge in [-0.2, -0.15) is 0 Å². The third-order valence-corrected chi connectivity index (χ3v) is 5.09. The maximum Gasteiger partial charge on any atom is 0.221 e. The molecule has 2 unspecified atom stereocenters. The molecule has 1 aliphatic rings. The maximum atomic E-state index is 11.1. The molecule has 1 saturated carbocycles. The van der Waals surface area contributed by atoms with Gasteiger partial charge in [0.1, 0.15) is 4.66 Å². The largest absolute Gasteiger partial charge is 0.221 e. The fraction of sp³-hybridized carbons (Fsp3) is 1.00. The molecular weight excluding hydrogens is 242 g/mol. The minimum Gasteiger partial charge on any atom is -0.212 e. The van der Waals surface area contributed by atoms with Crippen LogP contribution in [-0.4, -0.2) is 19.1 Å². The second-order valence-electron chi connectivity index (χ2n) is 3.36. The van der Waals surface area contributed by atoms with Crippen molar-refractivity contribution in [2.75, 3.05) is 4.66 Å². The van der Waals surface area contributed by atoms with Gasteiger partial charge in [-0.05, 0) is 18.8 Å². The van der Waals surface area contributed by atoms with Crippen LogP contribution in [0, 0.1) is 5.92 Å². The molecule has 0 spiro atoms. The lowest BCUT2D eigenvalue weighted by molar-refractivity contribution is 0.478. The van der Waals surface area contributed by atoms with E-state index in [0.29, 0.717) is 5.92 Å². The van der Waals surface area contributed by atoms with E-state index in [1.54, 1.807) is 0 Å². The zero-order chi connectivity index (χ0) is 9.19. The second kappa shape index (κ2) is 4.07. The summed E-state index contributed by atoms with van der Waals surface area (Å²) in [5, 5.41) is 0. The Balaban J connectivity index is 2.51. The van der Waals surface area contributed by atoms with Crippen LogP contribution < -0.4 is 4.72 Å². The summed E-state index contributed by atoms with van der Waals surface area (Å²) in [7, 11) is -3.07. The molecule has 0 radical (unpaired) electrons. The Bertz CT molecular complexity index is 240. The molecule has 1 fully saturated rings. The van der Waals surface area contributed by atoms with Crippen molar-refractivity contribution in [3.63, 3.8) is 0 Å². The minimum atomic E-state index is -3.07. The predicted molar refractivity (Wildman–Crippen MR) is 52.7 cm³/mol. The maximum absolute atomic E-state index is 11.1. The molecule has 0 aromatic rings. The Morgan fingerprint density at radius 1 is 1.50 bits per heavy atom. The summed E-state index contributed by atoms with van der Waals surface area (Å²) in [6.45, 7) is 2.09. The third-order valence-electron chi connectivity index (χ3n) is 2.34. The van der Waals surface area contributed by atoms with E-state index < -0.39 is 10.0 Å². The molecule has 0 amide bonds. The number of rotatable bonds is 3. The molecule has 72 valence electrons. The molecule has 1 rings (SSSR count). The number of sulfonamides is 1. The van der Waals surface area contributed by atoms with Crippen LogP contribution in [-0.2, 0) is 10.0 Å². The fourth-order valence-corrected chi connectivity index (χ4v) is 2.85. The summed E-state index contributed by atoms with van der Waals surface area (Å²) in [5.41, 5.74) is 0. The van der Waals surface area contributed by atoms with E-state index in [-0.39, 0.29) is 10.7 Å². The van der Waals surface area contributed by atoms with Crippen molar-refractivity contribution in [2.24, 2.45) is 5.92 Å². The molecule has 5 heteroatoms. The molecule has 0 aromatic heterocycles. The lowest BCUT2D eigenvalue weighted by atomic mass is 10.1. The molecule has 0 saturated heterocycles. The smallest absolute Gasteiger partial charge is 0.212 e. The van der Waals surface area contributed by atoms with Gasteiger partial charge in [0.15, 0.2) is 0 Å². The Morgan fingerprint density at radius 2 is 2.17 bits per heavy atom. The Hall–Kier alpha value is 0.390. The van der Waals surface area contributed by atoms with Gasteiger partial charge in [0, 0.05) is 6.04 Å². The van der Waals surface area contributed by atoms with E-state index in [9.17, 15) is 8.42 Å². The van der Waals surface area contributed by atoms with E-state index in [1.807, 2.05) is 0 Å². The number of nitrogens with one attached hydrogen (secondary N) is 1. The first-order valence-electron chi connectivity index (χ1n) is 4.11. The van der Waals surface area contributed by atoms with Gasteiger partial charge in [-0.25, -0.2) is 13.1 Å². The van der Waals surface area contributed by atoms with Crippen LogP contribution >= 0.6 is 15.9 Å². The zero-order valence-corrected chi connectivity index (χ0v) is 9.49. The number of halogens is 1. The van der Waals surface area contributed by atoms with Gasteiger partial charge in [-0.1, -0.05) is 29.3 Å². The second-order valence-corrected chi connectivity index (χ2v) is 6.41. The SMILES string of the molecule is CC1CCCC1NS(=O)(=O)CBr. The highest BCUT2D eigenvalue weighted by Crippen LogP contribution is 2.25. The van der Waals surface area contributed by atoms with E-state index in [1.165, 1.54) is 0 Å². The van der Waals surface area contributed by atoms with E-state index in [0.717, 1.165) is 19.3 Å². The molecular formula is C7H14BrNO2S. The molecule has 0 aromatic carbocycles. The summed E-state index contributed by atoms with van der Waals surface area (Å²) >= 11 is 2.95. The van der Waals surface area contributed by atoms with Gasteiger partial charge >= 0.3 is 0 Å². The van der Waals surface area contributed by atoms with E-state index >= 15 is 0 Å². The first kappa shape index (κ1) is 10.5. The standard InChI is InChI=1S/C7H14BrNO2S/c1-6-3-2-4-7(6)9-12(10,11)5-8/h6-7,9H,2-5H2,1H3. The van der Waals surface area contributed by atoms with Crippen molar-refractivity contribution < 1.29 is 8.42 Å². The lowest BCUT2D eigenvalue weighted by Gasteiger charge is -2.15. The van der Waals surface area contributed by atoms with Gasteiger partial charge < -0.3 is 0 Å². The molecule has 3 nitrogen and oxygen atoms in total. The highest BCUT2D eigenvalue weighted by atomic mass is 79.9. The molecule has 0 heterocycles. The van der Waals surface area contributed by atoms with Gasteiger partial charge in [-0.15, -0.1) is 0 Å². The molecule has 1 aliphatic carbocycles.